The van der Waals surface area contributed by atoms with Crippen LogP contribution in [0.25, 0.3) is 10.8 Å². The molecule has 0 aliphatic heterocycles. The van der Waals surface area contributed by atoms with E-state index < -0.39 is 11.8 Å². The van der Waals surface area contributed by atoms with Crippen molar-refractivity contribution in [3.8, 4) is 0 Å². The van der Waals surface area contributed by atoms with E-state index >= 15 is 0 Å². The van der Waals surface area contributed by atoms with Gasteiger partial charge in [0.25, 0.3) is 0 Å². The Balaban J connectivity index is 1.63. The van der Waals surface area contributed by atoms with E-state index in [-0.39, 0.29) is 0 Å². The van der Waals surface area contributed by atoms with Gasteiger partial charge in [-0.1, -0.05) is 31.9 Å². The summed E-state index contributed by atoms with van der Waals surface area (Å²) in [4.78, 5) is 30.4. The SMILES string of the molecule is CC1CCC(CN(C)C(=O)C(=O)Nc2cccc3cnccc23)CC1. The van der Waals surface area contributed by atoms with Gasteiger partial charge in [-0.2, -0.15) is 0 Å². The lowest BCUT2D eigenvalue weighted by Gasteiger charge is -2.29. The van der Waals surface area contributed by atoms with Crippen molar-refractivity contribution < 1.29 is 9.59 Å². The molecule has 2 aromatic rings. The summed E-state index contributed by atoms with van der Waals surface area (Å²) in [6.45, 7) is 2.93. The molecule has 0 spiro atoms. The van der Waals surface area contributed by atoms with E-state index in [4.69, 9.17) is 0 Å². The normalized spacial score (nSPS) is 20.2. The smallest absolute Gasteiger partial charge is 0.313 e. The molecule has 132 valence electrons. The molecule has 1 saturated carbocycles. The first-order chi connectivity index (χ1) is 12.0. The molecule has 5 heteroatoms. The molecule has 25 heavy (non-hydrogen) atoms. The lowest BCUT2D eigenvalue weighted by atomic mass is 9.83. The van der Waals surface area contributed by atoms with Gasteiger partial charge in [0.1, 0.15) is 0 Å². The number of nitrogens with zero attached hydrogens (tertiary/aromatic N) is 2. The molecule has 1 aliphatic carbocycles. The summed E-state index contributed by atoms with van der Waals surface area (Å²) in [5, 5.41) is 4.56. The summed E-state index contributed by atoms with van der Waals surface area (Å²) in [6, 6.07) is 7.41. The molecule has 0 unspecified atom stereocenters. The fraction of sp³-hybridized carbons (Fsp3) is 0.450. The highest BCUT2D eigenvalue weighted by Crippen LogP contribution is 2.28. The number of pyridine rings is 1. The third-order valence-corrected chi connectivity index (χ3v) is 5.14. The molecule has 1 aliphatic rings. The second kappa shape index (κ2) is 7.64. The van der Waals surface area contributed by atoms with Crippen LogP contribution in [-0.4, -0.2) is 35.3 Å². The van der Waals surface area contributed by atoms with E-state index in [1.807, 2.05) is 18.2 Å². The Morgan fingerprint density at radius 3 is 2.72 bits per heavy atom. The largest absolute Gasteiger partial charge is 0.337 e. The average molecular weight is 339 g/mol. The zero-order valence-electron chi connectivity index (χ0n) is 14.9. The molecule has 0 saturated heterocycles. The van der Waals surface area contributed by atoms with Crippen LogP contribution in [0.5, 0.6) is 0 Å². The van der Waals surface area contributed by atoms with Crippen molar-refractivity contribution in [1.29, 1.82) is 0 Å². The van der Waals surface area contributed by atoms with Crippen molar-refractivity contribution in [2.24, 2.45) is 11.8 Å². The number of carbonyl (C=O) groups excluding carboxylic acids is 2. The molecule has 1 fully saturated rings. The summed E-state index contributed by atoms with van der Waals surface area (Å²) in [5.41, 5.74) is 0.637. The number of anilines is 1. The van der Waals surface area contributed by atoms with E-state index in [1.165, 1.54) is 12.8 Å². The van der Waals surface area contributed by atoms with Gasteiger partial charge >= 0.3 is 11.8 Å². The molecule has 5 nitrogen and oxygen atoms in total. The van der Waals surface area contributed by atoms with E-state index in [0.29, 0.717) is 18.2 Å². The van der Waals surface area contributed by atoms with Crippen LogP contribution in [0.2, 0.25) is 0 Å². The minimum Gasteiger partial charge on any atom is -0.337 e. The fourth-order valence-electron chi connectivity index (χ4n) is 3.56. The lowest BCUT2D eigenvalue weighted by molar-refractivity contribution is -0.142. The number of nitrogens with one attached hydrogen (secondary N) is 1. The van der Waals surface area contributed by atoms with Crippen LogP contribution in [0.3, 0.4) is 0 Å². The zero-order chi connectivity index (χ0) is 17.8. The lowest BCUT2D eigenvalue weighted by Crippen LogP contribution is -2.40. The Kier molecular flexibility index (Phi) is 5.31. The first-order valence-electron chi connectivity index (χ1n) is 8.93. The maximum absolute atomic E-state index is 12.4. The Bertz CT molecular complexity index is 761. The zero-order valence-corrected chi connectivity index (χ0v) is 14.9. The molecule has 0 radical (unpaired) electrons. The van der Waals surface area contributed by atoms with E-state index in [2.05, 4.69) is 17.2 Å². The molecule has 0 bridgehead atoms. The van der Waals surface area contributed by atoms with Gasteiger partial charge in [0.15, 0.2) is 0 Å². The average Bonchev–Trinajstić information content (AvgIpc) is 2.63. The topological polar surface area (TPSA) is 62.3 Å². The van der Waals surface area contributed by atoms with Gasteiger partial charge in [-0.05, 0) is 36.8 Å². The summed E-state index contributed by atoms with van der Waals surface area (Å²) in [5.74, 6) is 0.212. The molecule has 0 atom stereocenters. The highest BCUT2D eigenvalue weighted by atomic mass is 16.2. The van der Waals surface area contributed by atoms with Crippen LogP contribution >= 0.6 is 0 Å². The van der Waals surface area contributed by atoms with Gasteiger partial charge in [0.2, 0.25) is 0 Å². The first-order valence-corrected chi connectivity index (χ1v) is 8.93. The number of benzene rings is 1. The Morgan fingerprint density at radius 2 is 1.96 bits per heavy atom. The molecule has 1 aromatic carbocycles. The molecular weight excluding hydrogens is 314 g/mol. The van der Waals surface area contributed by atoms with Gasteiger partial charge in [-0.15, -0.1) is 0 Å². The van der Waals surface area contributed by atoms with Gasteiger partial charge in [-0.25, -0.2) is 0 Å². The summed E-state index contributed by atoms with van der Waals surface area (Å²) >= 11 is 0. The molecule has 3 rings (SSSR count). The van der Waals surface area contributed by atoms with Crippen molar-refractivity contribution in [1.82, 2.24) is 9.88 Å². The van der Waals surface area contributed by atoms with Crippen LogP contribution < -0.4 is 5.32 Å². The van der Waals surface area contributed by atoms with Crippen molar-refractivity contribution in [3.63, 3.8) is 0 Å². The third kappa shape index (κ3) is 4.16. The summed E-state index contributed by atoms with van der Waals surface area (Å²) in [7, 11) is 1.72. The van der Waals surface area contributed by atoms with Gasteiger partial charge < -0.3 is 10.2 Å². The number of fused-ring (bicyclic) bond motifs is 1. The number of rotatable bonds is 3. The number of carbonyl (C=O) groups is 2. The standard InChI is InChI=1S/C20H25N3O2/c1-14-6-8-15(9-7-14)13-23(2)20(25)19(24)22-18-5-3-4-16-12-21-11-10-17(16)18/h3-5,10-12,14-15H,6-9,13H2,1-2H3,(H,22,24). The molecule has 1 aromatic heterocycles. The molecule has 1 N–H and O–H groups in total. The third-order valence-electron chi connectivity index (χ3n) is 5.14. The minimum absolute atomic E-state index is 0.482. The number of hydrogen-bond donors (Lipinski definition) is 1. The first kappa shape index (κ1) is 17.4. The predicted octanol–water partition coefficient (Wildman–Crippen LogP) is 3.46. The van der Waals surface area contributed by atoms with E-state index in [1.54, 1.807) is 30.4 Å². The Labute approximate surface area is 148 Å². The van der Waals surface area contributed by atoms with Crippen molar-refractivity contribution in [2.75, 3.05) is 18.9 Å². The maximum atomic E-state index is 12.4. The van der Waals surface area contributed by atoms with Crippen molar-refractivity contribution in [3.05, 3.63) is 36.7 Å². The highest BCUT2D eigenvalue weighted by Gasteiger charge is 2.24. The van der Waals surface area contributed by atoms with Crippen LogP contribution in [0.15, 0.2) is 36.7 Å². The van der Waals surface area contributed by atoms with E-state index in [9.17, 15) is 9.59 Å². The molecular formula is C20H25N3O2. The molecule has 2 amide bonds. The summed E-state index contributed by atoms with van der Waals surface area (Å²) < 4.78 is 0. The fourth-order valence-corrected chi connectivity index (χ4v) is 3.56. The highest BCUT2D eigenvalue weighted by molar-refractivity contribution is 6.40. The second-order valence-corrected chi connectivity index (χ2v) is 7.17. The van der Waals surface area contributed by atoms with Gasteiger partial charge in [0.05, 0.1) is 0 Å². The van der Waals surface area contributed by atoms with Crippen LogP contribution in [0.1, 0.15) is 32.6 Å². The summed E-state index contributed by atoms with van der Waals surface area (Å²) in [6.07, 6.45) is 8.11. The number of likely N-dealkylation sites (N-methyl/N-ethyl adjacent to an activating group) is 1. The molecule has 1 heterocycles. The van der Waals surface area contributed by atoms with Crippen molar-refractivity contribution in [2.45, 2.75) is 32.6 Å². The van der Waals surface area contributed by atoms with Gasteiger partial charge in [-0.3, -0.25) is 14.6 Å². The van der Waals surface area contributed by atoms with Crippen molar-refractivity contribution >= 4 is 28.3 Å². The van der Waals surface area contributed by atoms with Crippen LogP contribution in [-0.2, 0) is 9.59 Å². The van der Waals surface area contributed by atoms with Crippen LogP contribution in [0.4, 0.5) is 5.69 Å². The Morgan fingerprint density at radius 1 is 1.20 bits per heavy atom. The van der Waals surface area contributed by atoms with Crippen LogP contribution in [0, 0.1) is 11.8 Å². The Hall–Kier alpha value is -2.43. The number of hydrogen-bond acceptors (Lipinski definition) is 3. The van der Waals surface area contributed by atoms with Gasteiger partial charge in [0, 0.05) is 42.4 Å². The maximum Gasteiger partial charge on any atom is 0.313 e. The van der Waals surface area contributed by atoms with E-state index in [0.717, 1.165) is 29.5 Å². The second-order valence-electron chi connectivity index (χ2n) is 7.17. The minimum atomic E-state index is -0.587. The number of aromatic nitrogens is 1. The predicted molar refractivity (Wildman–Crippen MR) is 99.1 cm³/mol. The monoisotopic (exact) mass is 339 g/mol. The number of amides is 2. The quantitative estimate of drug-likeness (QED) is 0.871.